The summed E-state index contributed by atoms with van der Waals surface area (Å²) < 4.78 is 5.22. The summed E-state index contributed by atoms with van der Waals surface area (Å²) >= 11 is 0. The zero-order valence-corrected chi connectivity index (χ0v) is 12.9. The Morgan fingerprint density at radius 3 is 2.90 bits per heavy atom. The molecule has 0 bridgehead atoms. The van der Waals surface area contributed by atoms with Gasteiger partial charge in [0.15, 0.2) is 0 Å². The van der Waals surface area contributed by atoms with Crippen LogP contribution in [-0.2, 0) is 0 Å². The minimum atomic E-state index is -0.149. The van der Waals surface area contributed by atoms with E-state index in [0.717, 1.165) is 18.5 Å². The van der Waals surface area contributed by atoms with Crippen molar-refractivity contribution in [3.63, 3.8) is 0 Å². The van der Waals surface area contributed by atoms with Gasteiger partial charge >= 0.3 is 0 Å². The molecule has 3 rings (SSSR count). The van der Waals surface area contributed by atoms with Crippen LogP contribution in [0.25, 0.3) is 11.1 Å². The van der Waals surface area contributed by atoms with Gasteiger partial charge in [-0.2, -0.15) is 0 Å². The molecule has 0 unspecified atom stereocenters. The highest BCUT2D eigenvalue weighted by Crippen LogP contribution is 2.40. The topological polar surface area (TPSA) is 94.0 Å². The molecule has 21 heavy (non-hydrogen) atoms. The third-order valence-electron chi connectivity index (χ3n) is 3.61. The van der Waals surface area contributed by atoms with Gasteiger partial charge in [-0.25, -0.2) is 4.98 Å². The maximum atomic E-state index is 12.4. The lowest BCUT2D eigenvalue weighted by Crippen LogP contribution is -2.37. The summed E-state index contributed by atoms with van der Waals surface area (Å²) in [7, 11) is 0. The fourth-order valence-corrected chi connectivity index (χ4v) is 2.24. The fourth-order valence-electron chi connectivity index (χ4n) is 2.24. The van der Waals surface area contributed by atoms with Crippen LogP contribution in [0.4, 0.5) is 0 Å². The first-order valence-electron chi connectivity index (χ1n) is 6.88. The van der Waals surface area contributed by atoms with Crippen LogP contribution >= 0.6 is 12.4 Å². The van der Waals surface area contributed by atoms with Gasteiger partial charge in [0.2, 0.25) is 0 Å². The average molecular weight is 311 g/mol. The van der Waals surface area contributed by atoms with Crippen molar-refractivity contribution in [1.29, 1.82) is 0 Å². The Morgan fingerprint density at radius 2 is 2.29 bits per heavy atom. The van der Waals surface area contributed by atoms with E-state index in [1.54, 1.807) is 0 Å². The number of rotatable bonds is 4. The van der Waals surface area contributed by atoms with E-state index < -0.39 is 0 Å². The van der Waals surface area contributed by atoms with E-state index >= 15 is 0 Å². The average Bonchev–Trinajstić information content (AvgIpc) is 3.22. The Kier molecular flexibility index (Phi) is 4.49. The van der Waals surface area contributed by atoms with Crippen LogP contribution in [0, 0.1) is 6.92 Å². The number of hydrogen-bond acceptors (Lipinski definition) is 5. The maximum absolute atomic E-state index is 12.4. The number of amides is 1. The van der Waals surface area contributed by atoms with E-state index in [1.165, 1.54) is 0 Å². The maximum Gasteiger partial charge on any atom is 0.259 e. The predicted molar refractivity (Wildman–Crippen MR) is 81.7 cm³/mol. The molecule has 0 saturated heterocycles. The third-order valence-corrected chi connectivity index (χ3v) is 3.61. The smallest absolute Gasteiger partial charge is 0.259 e. The Balaban J connectivity index is 0.00000161. The van der Waals surface area contributed by atoms with E-state index in [-0.39, 0.29) is 24.4 Å². The van der Waals surface area contributed by atoms with Gasteiger partial charge in [0.1, 0.15) is 0 Å². The zero-order valence-electron chi connectivity index (χ0n) is 12.0. The lowest BCUT2D eigenvalue weighted by atomic mass is 10.1. The Hall–Kier alpha value is -1.66. The molecule has 2 heterocycles. The lowest BCUT2D eigenvalue weighted by molar-refractivity contribution is 0.0942. The quantitative estimate of drug-likeness (QED) is 0.899. The summed E-state index contributed by atoms with van der Waals surface area (Å²) in [6, 6.07) is 1.79. The molecule has 1 aliphatic rings. The van der Waals surface area contributed by atoms with Crippen molar-refractivity contribution >= 4 is 29.4 Å². The van der Waals surface area contributed by atoms with Crippen molar-refractivity contribution in [2.24, 2.45) is 5.73 Å². The highest BCUT2D eigenvalue weighted by molar-refractivity contribution is 6.06. The summed E-state index contributed by atoms with van der Waals surface area (Å²) in [5.74, 6) is 0.298. The van der Waals surface area contributed by atoms with Gasteiger partial charge in [-0.15, -0.1) is 12.4 Å². The summed E-state index contributed by atoms with van der Waals surface area (Å²) in [5, 5.41) is 7.49. The molecule has 0 aliphatic heterocycles. The van der Waals surface area contributed by atoms with Crippen LogP contribution in [0.5, 0.6) is 0 Å². The van der Waals surface area contributed by atoms with Crippen molar-refractivity contribution in [2.75, 3.05) is 6.54 Å². The van der Waals surface area contributed by atoms with Crippen molar-refractivity contribution < 1.29 is 9.32 Å². The van der Waals surface area contributed by atoms with Gasteiger partial charge in [-0.1, -0.05) is 5.16 Å². The van der Waals surface area contributed by atoms with Gasteiger partial charge in [-0.05, 0) is 32.8 Å². The van der Waals surface area contributed by atoms with Crippen molar-refractivity contribution in [2.45, 2.75) is 38.6 Å². The molecule has 1 saturated carbocycles. The first kappa shape index (κ1) is 15.7. The molecule has 1 aliphatic carbocycles. The fraction of sp³-hybridized carbons (Fsp3) is 0.500. The highest BCUT2D eigenvalue weighted by Gasteiger charge is 2.28. The number of carbonyl (C=O) groups is 1. The second kappa shape index (κ2) is 5.99. The number of hydrogen-bond donors (Lipinski definition) is 2. The largest absolute Gasteiger partial charge is 0.348 e. The molecule has 2 aromatic heterocycles. The van der Waals surface area contributed by atoms with Crippen LogP contribution in [0.1, 0.15) is 47.4 Å². The number of aromatic nitrogens is 2. The van der Waals surface area contributed by atoms with E-state index in [4.69, 9.17) is 10.3 Å². The number of halogens is 1. The van der Waals surface area contributed by atoms with Crippen LogP contribution in [0.15, 0.2) is 10.6 Å². The normalized spacial score (nSPS) is 15.6. The third kappa shape index (κ3) is 3.01. The summed E-state index contributed by atoms with van der Waals surface area (Å²) in [6.45, 7) is 4.09. The number of fused-ring (bicyclic) bond motifs is 1. The standard InChI is InChI=1S/C14H18N4O2.ClH/c1-7(6-15)16-13(19)10-5-11(9-3-4-9)17-14-12(10)8(2)18-20-14;/h5,7,9H,3-4,6,15H2,1-2H3,(H,16,19);1H/t7-;/m0./s1. The number of nitrogens with one attached hydrogen (secondary N) is 1. The minimum absolute atomic E-state index is 0. The summed E-state index contributed by atoms with van der Waals surface area (Å²) in [4.78, 5) is 16.9. The van der Waals surface area contributed by atoms with Crippen molar-refractivity contribution in [3.05, 3.63) is 23.0 Å². The first-order valence-corrected chi connectivity index (χ1v) is 6.88. The molecule has 1 atom stereocenters. The highest BCUT2D eigenvalue weighted by atomic mass is 35.5. The van der Waals surface area contributed by atoms with Gasteiger partial charge < -0.3 is 15.6 Å². The lowest BCUT2D eigenvalue weighted by Gasteiger charge is -2.12. The molecule has 114 valence electrons. The minimum Gasteiger partial charge on any atom is -0.348 e. The van der Waals surface area contributed by atoms with Crippen molar-refractivity contribution in [1.82, 2.24) is 15.5 Å². The van der Waals surface area contributed by atoms with Crippen LogP contribution in [0.2, 0.25) is 0 Å². The van der Waals surface area contributed by atoms with E-state index in [2.05, 4.69) is 15.5 Å². The second-order valence-electron chi connectivity index (χ2n) is 5.43. The summed E-state index contributed by atoms with van der Waals surface area (Å²) in [6.07, 6.45) is 2.23. The molecular weight excluding hydrogens is 292 g/mol. The van der Waals surface area contributed by atoms with E-state index in [1.807, 2.05) is 19.9 Å². The number of nitrogens with zero attached hydrogens (tertiary/aromatic N) is 2. The molecule has 0 aromatic carbocycles. The van der Waals surface area contributed by atoms with Crippen LogP contribution in [-0.4, -0.2) is 28.6 Å². The Labute approximate surface area is 128 Å². The molecule has 3 N–H and O–H groups in total. The predicted octanol–water partition coefficient (Wildman–Crippen LogP) is 1.91. The number of pyridine rings is 1. The van der Waals surface area contributed by atoms with Gasteiger partial charge in [0, 0.05) is 24.2 Å². The van der Waals surface area contributed by atoms with Gasteiger partial charge in [0.25, 0.3) is 11.6 Å². The monoisotopic (exact) mass is 310 g/mol. The number of nitrogens with two attached hydrogens (primary N) is 1. The molecule has 0 radical (unpaired) electrons. The number of carbonyl (C=O) groups excluding carboxylic acids is 1. The second-order valence-corrected chi connectivity index (χ2v) is 5.43. The van der Waals surface area contributed by atoms with E-state index in [9.17, 15) is 4.79 Å². The molecule has 0 spiro atoms. The van der Waals surface area contributed by atoms with Crippen LogP contribution < -0.4 is 11.1 Å². The number of aryl methyl sites for hydroxylation is 1. The zero-order chi connectivity index (χ0) is 14.3. The Morgan fingerprint density at radius 1 is 1.57 bits per heavy atom. The molecular formula is C14H19ClN4O2. The molecule has 2 aromatic rings. The van der Waals surface area contributed by atoms with Crippen molar-refractivity contribution in [3.8, 4) is 0 Å². The summed E-state index contributed by atoms with van der Waals surface area (Å²) in [5.41, 5.74) is 8.17. The van der Waals surface area contributed by atoms with E-state index in [0.29, 0.717) is 34.8 Å². The van der Waals surface area contributed by atoms with Gasteiger partial charge in [-0.3, -0.25) is 4.79 Å². The molecule has 1 fully saturated rings. The van der Waals surface area contributed by atoms with Gasteiger partial charge in [0.05, 0.1) is 16.6 Å². The molecule has 6 nitrogen and oxygen atoms in total. The SMILES string of the molecule is Cc1noc2nc(C3CC3)cc(C(=O)N[C@@H](C)CN)c12.Cl. The molecule has 1 amide bonds. The first-order chi connectivity index (χ1) is 9.60. The Bertz CT molecular complexity index is 666. The van der Waals surface area contributed by atoms with Crippen LogP contribution in [0.3, 0.4) is 0 Å². The molecule has 7 heteroatoms.